The number of carbonyl (C=O) groups excluding carboxylic acids is 1. The minimum Gasteiger partial charge on any atom is -0.369 e. The second-order valence-corrected chi connectivity index (χ2v) is 7.35. The summed E-state index contributed by atoms with van der Waals surface area (Å²) in [6, 6.07) is 12.5. The van der Waals surface area contributed by atoms with E-state index in [1.54, 1.807) is 42.6 Å². The molecule has 2 heterocycles. The van der Waals surface area contributed by atoms with Gasteiger partial charge in [-0.05, 0) is 43.4 Å². The molecule has 30 heavy (non-hydrogen) atoms. The molecule has 0 unspecified atom stereocenters. The van der Waals surface area contributed by atoms with Gasteiger partial charge in [0.25, 0.3) is 5.91 Å². The molecule has 0 bridgehead atoms. The lowest BCUT2D eigenvalue weighted by atomic mass is 10.1. The van der Waals surface area contributed by atoms with Gasteiger partial charge in [-0.1, -0.05) is 12.1 Å². The maximum atomic E-state index is 13.8. The van der Waals surface area contributed by atoms with Gasteiger partial charge in [0.15, 0.2) is 0 Å². The number of fused-ring (bicyclic) bond motifs is 1. The van der Waals surface area contributed by atoms with E-state index in [9.17, 15) is 18.0 Å². The normalized spacial score (nSPS) is 15.4. The third-order valence-electron chi connectivity index (χ3n) is 5.32. The first-order chi connectivity index (χ1) is 14.3. The van der Waals surface area contributed by atoms with Crippen LogP contribution >= 0.6 is 0 Å². The zero-order chi connectivity index (χ0) is 21.3. The summed E-state index contributed by atoms with van der Waals surface area (Å²) in [5, 5.41) is 3.03. The number of amides is 1. The second kappa shape index (κ2) is 7.95. The molecule has 1 aliphatic heterocycles. The molecule has 3 aromatic rings. The molecule has 4 rings (SSSR count). The van der Waals surface area contributed by atoms with Gasteiger partial charge in [0.2, 0.25) is 0 Å². The fourth-order valence-corrected chi connectivity index (χ4v) is 3.63. The Morgan fingerprint density at radius 3 is 2.53 bits per heavy atom. The topological polar surface area (TPSA) is 48.5 Å². The number of alkyl halides is 3. The van der Waals surface area contributed by atoms with Crippen molar-refractivity contribution in [2.24, 2.45) is 0 Å². The number of benzene rings is 2. The van der Waals surface area contributed by atoms with Crippen molar-refractivity contribution in [3.63, 3.8) is 0 Å². The molecule has 0 saturated carbocycles. The Balaban J connectivity index is 1.65. The largest absolute Gasteiger partial charge is 0.418 e. The van der Waals surface area contributed by atoms with Gasteiger partial charge < -0.3 is 15.1 Å². The molecule has 1 N–H and O–H groups in total. The van der Waals surface area contributed by atoms with E-state index in [1.807, 2.05) is 11.9 Å². The Hall–Kier alpha value is -3.13. The summed E-state index contributed by atoms with van der Waals surface area (Å²) < 4.78 is 41.3. The predicted molar refractivity (Wildman–Crippen MR) is 111 cm³/mol. The number of nitrogens with zero attached hydrogens (tertiary/aromatic N) is 3. The highest BCUT2D eigenvalue weighted by Crippen LogP contribution is 2.38. The molecule has 1 amide bonds. The maximum Gasteiger partial charge on any atom is 0.418 e. The minimum atomic E-state index is -4.59. The first-order valence-electron chi connectivity index (χ1n) is 9.63. The fourth-order valence-electron chi connectivity index (χ4n) is 3.63. The Morgan fingerprint density at radius 1 is 1.03 bits per heavy atom. The molecule has 8 heteroatoms. The minimum absolute atomic E-state index is 0.258. The van der Waals surface area contributed by atoms with Crippen LogP contribution in [0, 0.1) is 0 Å². The standard InChI is InChI=1S/C22H21F3N4O/c1-28-10-12-29(13-11-28)15-7-8-20(18(14-15)22(23,24)25)27-21(30)17-4-2-6-19-16(17)5-3-9-26-19/h2-9,14H,10-13H2,1H3,(H,27,30). The number of anilines is 2. The highest BCUT2D eigenvalue weighted by Gasteiger charge is 2.35. The second-order valence-electron chi connectivity index (χ2n) is 7.35. The average molecular weight is 414 g/mol. The summed E-state index contributed by atoms with van der Waals surface area (Å²) in [6.45, 7) is 2.88. The Morgan fingerprint density at radius 2 is 1.80 bits per heavy atom. The molecule has 0 spiro atoms. The van der Waals surface area contributed by atoms with Crippen molar-refractivity contribution in [1.82, 2.24) is 9.88 Å². The van der Waals surface area contributed by atoms with Crippen molar-refractivity contribution in [2.75, 3.05) is 43.4 Å². The van der Waals surface area contributed by atoms with Crippen molar-refractivity contribution >= 4 is 28.2 Å². The predicted octanol–water partition coefficient (Wildman–Crippen LogP) is 4.26. The first kappa shape index (κ1) is 20.2. The number of likely N-dealkylation sites (N-methyl/N-ethyl adjacent to an activating group) is 1. The molecule has 5 nitrogen and oxygen atoms in total. The summed E-state index contributed by atoms with van der Waals surface area (Å²) in [4.78, 5) is 21.1. The van der Waals surface area contributed by atoms with E-state index in [2.05, 4.69) is 15.2 Å². The molecular weight excluding hydrogens is 393 g/mol. The number of hydrogen-bond acceptors (Lipinski definition) is 4. The van der Waals surface area contributed by atoms with E-state index in [-0.39, 0.29) is 11.3 Å². The molecule has 1 aromatic heterocycles. The monoisotopic (exact) mass is 414 g/mol. The van der Waals surface area contributed by atoms with Crippen LogP contribution in [0.3, 0.4) is 0 Å². The van der Waals surface area contributed by atoms with Crippen LogP contribution in [0.1, 0.15) is 15.9 Å². The Kier molecular flexibility index (Phi) is 5.34. The number of hydrogen-bond donors (Lipinski definition) is 1. The van der Waals surface area contributed by atoms with Gasteiger partial charge in [-0.15, -0.1) is 0 Å². The SMILES string of the molecule is CN1CCN(c2ccc(NC(=O)c3cccc4ncccc34)c(C(F)(F)F)c2)CC1. The molecule has 1 fully saturated rings. The van der Waals surface area contributed by atoms with Crippen LogP contribution in [-0.4, -0.2) is 49.0 Å². The van der Waals surface area contributed by atoms with Crippen molar-refractivity contribution in [2.45, 2.75) is 6.18 Å². The van der Waals surface area contributed by atoms with E-state index in [4.69, 9.17) is 0 Å². The Bertz CT molecular complexity index is 1070. The molecule has 0 aliphatic carbocycles. The first-order valence-corrected chi connectivity index (χ1v) is 9.63. The fraction of sp³-hybridized carbons (Fsp3) is 0.273. The molecule has 0 atom stereocenters. The zero-order valence-electron chi connectivity index (χ0n) is 16.4. The lowest BCUT2D eigenvalue weighted by molar-refractivity contribution is -0.136. The van der Waals surface area contributed by atoms with Crippen molar-refractivity contribution in [3.8, 4) is 0 Å². The summed E-state index contributed by atoms with van der Waals surface area (Å²) in [5.74, 6) is -0.605. The summed E-state index contributed by atoms with van der Waals surface area (Å²) in [7, 11) is 1.99. The number of rotatable bonds is 3. The van der Waals surface area contributed by atoms with Crippen LogP contribution in [0.5, 0.6) is 0 Å². The molecule has 2 aromatic carbocycles. The van der Waals surface area contributed by atoms with Crippen LogP contribution in [-0.2, 0) is 6.18 Å². The van der Waals surface area contributed by atoms with Crippen LogP contribution < -0.4 is 10.2 Å². The molecule has 156 valence electrons. The van der Waals surface area contributed by atoms with Crippen LogP contribution in [0.2, 0.25) is 0 Å². The van der Waals surface area contributed by atoms with Gasteiger partial charge in [0.1, 0.15) is 0 Å². The molecule has 1 aliphatic rings. The average Bonchev–Trinajstić information content (AvgIpc) is 2.73. The van der Waals surface area contributed by atoms with Gasteiger partial charge in [-0.2, -0.15) is 13.2 Å². The van der Waals surface area contributed by atoms with Gasteiger partial charge in [0, 0.05) is 49.0 Å². The quantitative estimate of drug-likeness (QED) is 0.696. The van der Waals surface area contributed by atoms with Crippen LogP contribution in [0.4, 0.5) is 24.5 Å². The number of piperazine rings is 1. The van der Waals surface area contributed by atoms with Gasteiger partial charge in [-0.3, -0.25) is 9.78 Å². The van der Waals surface area contributed by atoms with Crippen molar-refractivity contribution in [3.05, 3.63) is 65.9 Å². The van der Waals surface area contributed by atoms with Crippen LogP contribution in [0.15, 0.2) is 54.7 Å². The van der Waals surface area contributed by atoms with Crippen molar-refractivity contribution in [1.29, 1.82) is 0 Å². The van der Waals surface area contributed by atoms with Crippen molar-refractivity contribution < 1.29 is 18.0 Å². The van der Waals surface area contributed by atoms with E-state index in [1.165, 1.54) is 6.07 Å². The van der Waals surface area contributed by atoms with E-state index < -0.39 is 17.6 Å². The highest BCUT2D eigenvalue weighted by molar-refractivity contribution is 6.12. The third kappa shape index (κ3) is 4.09. The Labute approximate surface area is 172 Å². The van der Waals surface area contributed by atoms with E-state index >= 15 is 0 Å². The third-order valence-corrected chi connectivity index (χ3v) is 5.32. The lowest BCUT2D eigenvalue weighted by Crippen LogP contribution is -2.44. The smallest absolute Gasteiger partial charge is 0.369 e. The van der Waals surface area contributed by atoms with Crippen LogP contribution in [0.25, 0.3) is 10.9 Å². The number of carbonyl (C=O) groups is 1. The number of pyridine rings is 1. The number of halogens is 3. The van der Waals surface area contributed by atoms with Gasteiger partial charge in [-0.25, -0.2) is 0 Å². The number of aromatic nitrogens is 1. The summed E-state index contributed by atoms with van der Waals surface area (Å²) in [6.07, 6.45) is -2.99. The van der Waals surface area contributed by atoms with E-state index in [0.717, 1.165) is 19.2 Å². The number of nitrogens with one attached hydrogen (secondary N) is 1. The highest BCUT2D eigenvalue weighted by atomic mass is 19.4. The summed E-state index contributed by atoms with van der Waals surface area (Å²) in [5.41, 5.74) is 0.267. The molecule has 1 saturated heterocycles. The zero-order valence-corrected chi connectivity index (χ0v) is 16.4. The lowest BCUT2D eigenvalue weighted by Gasteiger charge is -2.34. The molecular formula is C22H21F3N4O. The maximum absolute atomic E-state index is 13.8. The van der Waals surface area contributed by atoms with Gasteiger partial charge in [0.05, 0.1) is 16.8 Å². The summed E-state index contributed by atoms with van der Waals surface area (Å²) >= 11 is 0. The molecule has 0 radical (unpaired) electrons. The van der Waals surface area contributed by atoms with E-state index in [0.29, 0.717) is 29.7 Å². The van der Waals surface area contributed by atoms with Gasteiger partial charge >= 0.3 is 6.18 Å².